The maximum absolute atomic E-state index is 12.4. The molecule has 0 unspecified atom stereocenters. The number of ether oxygens (including phenoxy) is 2. The summed E-state index contributed by atoms with van der Waals surface area (Å²) in [5.74, 6) is 0.511. The zero-order valence-electron chi connectivity index (χ0n) is 15.1. The van der Waals surface area contributed by atoms with Crippen molar-refractivity contribution in [1.29, 1.82) is 0 Å². The maximum atomic E-state index is 12.4. The standard InChI is InChI=1S/C21H19ClN2O3S/c22-17-7-5-15(6-8-17)14-27-18-4-2-1-3-16(18)13-19-20(25)23-21(28-19)24-9-11-26-12-10-24/h1-8,13H,9-12,14H2/b19-13+. The highest BCUT2D eigenvalue weighted by Crippen LogP contribution is 2.32. The molecule has 5 nitrogen and oxygen atoms in total. The highest BCUT2D eigenvalue weighted by molar-refractivity contribution is 8.18. The molecule has 7 heteroatoms. The highest BCUT2D eigenvalue weighted by atomic mass is 35.5. The van der Waals surface area contributed by atoms with Crippen LogP contribution in [0, 0.1) is 0 Å². The van der Waals surface area contributed by atoms with Crippen LogP contribution in [0.2, 0.25) is 5.02 Å². The molecule has 0 spiro atoms. The fraction of sp³-hybridized carbons (Fsp3) is 0.238. The van der Waals surface area contributed by atoms with Crippen LogP contribution in [-0.2, 0) is 16.1 Å². The van der Waals surface area contributed by atoms with Gasteiger partial charge < -0.3 is 14.4 Å². The second-order valence-electron chi connectivity index (χ2n) is 6.36. The van der Waals surface area contributed by atoms with E-state index in [2.05, 4.69) is 9.89 Å². The van der Waals surface area contributed by atoms with Crippen LogP contribution in [-0.4, -0.2) is 42.3 Å². The molecule has 2 aliphatic rings. The minimum Gasteiger partial charge on any atom is -0.488 e. The van der Waals surface area contributed by atoms with E-state index in [1.165, 1.54) is 11.8 Å². The molecule has 28 heavy (non-hydrogen) atoms. The Morgan fingerprint density at radius 3 is 2.68 bits per heavy atom. The predicted molar refractivity (Wildman–Crippen MR) is 113 cm³/mol. The third kappa shape index (κ3) is 4.58. The van der Waals surface area contributed by atoms with Gasteiger partial charge in [0.25, 0.3) is 5.91 Å². The number of hydrogen-bond acceptors (Lipinski definition) is 5. The zero-order chi connectivity index (χ0) is 19.3. The van der Waals surface area contributed by atoms with E-state index in [9.17, 15) is 4.79 Å². The number of aliphatic imine (C=N–C) groups is 1. The van der Waals surface area contributed by atoms with Gasteiger partial charge in [-0.1, -0.05) is 41.9 Å². The van der Waals surface area contributed by atoms with Gasteiger partial charge in [0.2, 0.25) is 0 Å². The van der Waals surface area contributed by atoms with Crippen molar-refractivity contribution in [1.82, 2.24) is 4.90 Å². The number of hydrogen-bond donors (Lipinski definition) is 0. The van der Waals surface area contributed by atoms with Gasteiger partial charge in [0.15, 0.2) is 5.17 Å². The summed E-state index contributed by atoms with van der Waals surface area (Å²) in [6, 6.07) is 15.2. The van der Waals surface area contributed by atoms with Crippen LogP contribution < -0.4 is 4.74 Å². The summed E-state index contributed by atoms with van der Waals surface area (Å²) < 4.78 is 11.3. The lowest BCUT2D eigenvalue weighted by Gasteiger charge is -2.27. The summed E-state index contributed by atoms with van der Waals surface area (Å²) in [6.45, 7) is 3.26. The topological polar surface area (TPSA) is 51.1 Å². The smallest absolute Gasteiger partial charge is 0.286 e. The molecule has 2 aliphatic heterocycles. The molecule has 1 amide bonds. The Kier molecular flexibility index (Phi) is 6.00. The Balaban J connectivity index is 1.47. The molecule has 2 heterocycles. The van der Waals surface area contributed by atoms with Gasteiger partial charge >= 0.3 is 0 Å². The number of rotatable bonds is 4. The first-order valence-electron chi connectivity index (χ1n) is 9.00. The van der Waals surface area contributed by atoms with Crippen LogP contribution in [0.4, 0.5) is 0 Å². The SMILES string of the molecule is O=C1N=C(N2CCOCC2)S/C1=C/c1ccccc1OCc1ccc(Cl)cc1. The Bertz CT molecular complexity index is 922. The van der Waals surface area contributed by atoms with E-state index < -0.39 is 0 Å². The van der Waals surface area contributed by atoms with E-state index in [1.54, 1.807) is 0 Å². The number of carbonyl (C=O) groups is 1. The number of benzene rings is 2. The number of nitrogens with zero attached hydrogens (tertiary/aromatic N) is 2. The lowest BCUT2D eigenvalue weighted by atomic mass is 10.2. The second-order valence-corrected chi connectivity index (χ2v) is 7.81. The van der Waals surface area contributed by atoms with Crippen molar-refractivity contribution in [2.75, 3.05) is 26.3 Å². The molecule has 0 saturated carbocycles. The molecule has 1 saturated heterocycles. The summed E-state index contributed by atoms with van der Waals surface area (Å²) >= 11 is 7.33. The number of halogens is 1. The number of amidine groups is 1. The lowest BCUT2D eigenvalue weighted by molar-refractivity contribution is -0.113. The minimum absolute atomic E-state index is 0.209. The van der Waals surface area contributed by atoms with E-state index >= 15 is 0 Å². The average molecular weight is 415 g/mol. The van der Waals surface area contributed by atoms with Crippen molar-refractivity contribution in [2.24, 2.45) is 4.99 Å². The zero-order valence-corrected chi connectivity index (χ0v) is 16.7. The Morgan fingerprint density at radius 1 is 1.14 bits per heavy atom. The van der Waals surface area contributed by atoms with Crippen molar-refractivity contribution in [2.45, 2.75) is 6.61 Å². The summed E-state index contributed by atoms with van der Waals surface area (Å²) in [6.07, 6.45) is 1.85. The third-order valence-electron chi connectivity index (χ3n) is 4.40. The van der Waals surface area contributed by atoms with Gasteiger partial charge in [-0.25, -0.2) is 0 Å². The highest BCUT2D eigenvalue weighted by Gasteiger charge is 2.27. The quantitative estimate of drug-likeness (QED) is 0.701. The Morgan fingerprint density at radius 2 is 1.89 bits per heavy atom. The normalized spacial score (nSPS) is 18.5. The first-order valence-corrected chi connectivity index (χ1v) is 10.2. The van der Waals surface area contributed by atoms with Gasteiger partial charge in [-0.05, 0) is 41.6 Å². The molecule has 0 N–H and O–H groups in total. The molecule has 4 rings (SSSR count). The van der Waals surface area contributed by atoms with E-state index in [0.717, 1.165) is 35.1 Å². The van der Waals surface area contributed by atoms with Crippen LogP contribution in [0.1, 0.15) is 11.1 Å². The molecule has 0 atom stereocenters. The van der Waals surface area contributed by atoms with Crippen molar-refractivity contribution in [3.05, 3.63) is 69.6 Å². The molecule has 0 radical (unpaired) electrons. The van der Waals surface area contributed by atoms with Gasteiger partial charge in [0, 0.05) is 23.7 Å². The molecule has 2 aromatic rings. The maximum Gasteiger partial charge on any atom is 0.286 e. The monoisotopic (exact) mass is 414 g/mol. The van der Waals surface area contributed by atoms with Crippen molar-refractivity contribution in [3.63, 3.8) is 0 Å². The average Bonchev–Trinajstić information content (AvgIpc) is 3.10. The fourth-order valence-electron chi connectivity index (χ4n) is 2.90. The summed E-state index contributed by atoms with van der Waals surface area (Å²) in [5.41, 5.74) is 1.88. The number of thioether (sulfide) groups is 1. The number of para-hydroxylation sites is 1. The van der Waals surface area contributed by atoms with Crippen LogP contribution in [0.15, 0.2) is 58.4 Å². The van der Waals surface area contributed by atoms with Gasteiger partial charge in [0.1, 0.15) is 12.4 Å². The van der Waals surface area contributed by atoms with Gasteiger partial charge in [-0.2, -0.15) is 4.99 Å². The van der Waals surface area contributed by atoms with Crippen LogP contribution in [0.3, 0.4) is 0 Å². The lowest BCUT2D eigenvalue weighted by Crippen LogP contribution is -2.38. The van der Waals surface area contributed by atoms with Gasteiger partial charge in [-0.15, -0.1) is 0 Å². The third-order valence-corrected chi connectivity index (χ3v) is 5.70. The largest absolute Gasteiger partial charge is 0.488 e. The fourth-order valence-corrected chi connectivity index (χ4v) is 3.98. The van der Waals surface area contributed by atoms with Crippen molar-refractivity contribution < 1.29 is 14.3 Å². The van der Waals surface area contributed by atoms with Gasteiger partial charge in [-0.3, -0.25) is 4.79 Å². The van der Waals surface area contributed by atoms with Crippen molar-refractivity contribution >= 4 is 40.5 Å². The summed E-state index contributed by atoms with van der Waals surface area (Å²) in [7, 11) is 0. The second kappa shape index (κ2) is 8.82. The van der Waals surface area contributed by atoms with E-state index in [1.807, 2.05) is 54.6 Å². The molecule has 144 valence electrons. The molecule has 0 aliphatic carbocycles. The van der Waals surface area contributed by atoms with E-state index in [4.69, 9.17) is 21.1 Å². The van der Waals surface area contributed by atoms with E-state index in [-0.39, 0.29) is 5.91 Å². The van der Waals surface area contributed by atoms with Gasteiger partial charge in [0.05, 0.1) is 18.1 Å². The predicted octanol–water partition coefficient (Wildman–Crippen LogP) is 4.22. The number of amides is 1. The molecule has 0 aromatic heterocycles. The first kappa shape index (κ1) is 19.1. The molecule has 2 aromatic carbocycles. The Hall–Kier alpha value is -2.28. The van der Waals surface area contributed by atoms with Crippen LogP contribution >= 0.6 is 23.4 Å². The first-order chi connectivity index (χ1) is 13.7. The van der Waals surface area contributed by atoms with Crippen LogP contribution in [0.25, 0.3) is 6.08 Å². The van der Waals surface area contributed by atoms with Crippen LogP contribution in [0.5, 0.6) is 5.75 Å². The summed E-state index contributed by atoms with van der Waals surface area (Å²) in [5, 5.41) is 1.45. The van der Waals surface area contributed by atoms with E-state index in [0.29, 0.717) is 29.7 Å². The summed E-state index contributed by atoms with van der Waals surface area (Å²) in [4.78, 5) is 19.3. The van der Waals surface area contributed by atoms with Crippen molar-refractivity contribution in [3.8, 4) is 5.75 Å². The molecule has 0 bridgehead atoms. The minimum atomic E-state index is -0.209. The Labute approximate surface area is 173 Å². The molecular formula is C21H19ClN2O3S. The number of carbonyl (C=O) groups excluding carboxylic acids is 1. The molecule has 1 fully saturated rings. The number of morpholine rings is 1. The molecular weight excluding hydrogens is 396 g/mol.